The van der Waals surface area contributed by atoms with Gasteiger partial charge in [0.05, 0.1) is 6.61 Å². The first kappa shape index (κ1) is 10.6. The molecule has 1 aromatic rings. The van der Waals surface area contributed by atoms with Crippen LogP contribution in [0.25, 0.3) is 0 Å². The predicted molar refractivity (Wildman–Crippen MR) is 66.2 cm³/mol. The minimum Gasteiger partial charge on any atom is -0.493 e. The van der Waals surface area contributed by atoms with Gasteiger partial charge in [-0.1, -0.05) is 12.5 Å². The van der Waals surface area contributed by atoms with E-state index in [1.165, 1.54) is 24.8 Å². The summed E-state index contributed by atoms with van der Waals surface area (Å²) in [6, 6.07) is 6.02. The predicted octanol–water partition coefficient (Wildman–Crippen LogP) is 2.75. The monoisotopic (exact) mass is 231 g/mol. The van der Waals surface area contributed by atoms with E-state index in [0.717, 1.165) is 30.4 Å². The molecule has 90 valence electrons. The minimum atomic E-state index is 0.105. The molecule has 1 aliphatic heterocycles. The number of ether oxygens (including phenoxy) is 1. The molecule has 1 amide bonds. The number of benzene rings is 1. The molecule has 2 aliphatic rings. The summed E-state index contributed by atoms with van der Waals surface area (Å²) in [6.07, 6.45) is 5.36. The number of hydrogen-bond donors (Lipinski definition) is 1. The molecule has 0 spiro atoms. The topological polar surface area (TPSA) is 38.3 Å². The van der Waals surface area contributed by atoms with Crippen LogP contribution >= 0.6 is 0 Å². The number of carbonyl (C=O) groups excluding carboxylic acids is 1. The maximum Gasteiger partial charge on any atom is 0.224 e. The minimum absolute atomic E-state index is 0.105. The van der Waals surface area contributed by atoms with Crippen LogP contribution in [0.1, 0.15) is 31.2 Å². The first-order valence-corrected chi connectivity index (χ1v) is 6.37. The van der Waals surface area contributed by atoms with Gasteiger partial charge in [0.1, 0.15) is 5.75 Å². The zero-order chi connectivity index (χ0) is 11.7. The third kappa shape index (κ3) is 2.28. The number of rotatable bonds is 3. The second-order valence-corrected chi connectivity index (χ2v) is 4.98. The highest BCUT2D eigenvalue weighted by Gasteiger charge is 2.19. The van der Waals surface area contributed by atoms with Gasteiger partial charge >= 0.3 is 0 Å². The highest BCUT2D eigenvalue weighted by molar-refractivity contribution is 5.94. The van der Waals surface area contributed by atoms with Gasteiger partial charge in [-0.25, -0.2) is 0 Å². The second kappa shape index (κ2) is 4.40. The lowest BCUT2D eigenvalue weighted by molar-refractivity contribution is -0.116. The van der Waals surface area contributed by atoms with Gasteiger partial charge in [0, 0.05) is 18.2 Å². The van der Waals surface area contributed by atoms with Crippen LogP contribution in [0.2, 0.25) is 0 Å². The van der Waals surface area contributed by atoms with Gasteiger partial charge in [-0.2, -0.15) is 0 Å². The Morgan fingerprint density at radius 2 is 2.18 bits per heavy atom. The Labute approximate surface area is 101 Å². The molecule has 1 N–H and O–H groups in total. The Kier molecular flexibility index (Phi) is 2.75. The molecule has 3 nitrogen and oxygen atoms in total. The van der Waals surface area contributed by atoms with Crippen LogP contribution in [-0.2, 0) is 11.2 Å². The third-order valence-corrected chi connectivity index (χ3v) is 3.69. The summed E-state index contributed by atoms with van der Waals surface area (Å²) in [6.45, 7) is 0.812. The van der Waals surface area contributed by atoms with Gasteiger partial charge < -0.3 is 10.1 Å². The zero-order valence-corrected chi connectivity index (χ0v) is 9.87. The highest BCUT2D eigenvalue weighted by Crippen LogP contribution is 2.30. The molecule has 0 aromatic heterocycles. The summed E-state index contributed by atoms with van der Waals surface area (Å²) in [4.78, 5) is 11.3. The molecule has 1 fully saturated rings. The highest BCUT2D eigenvalue weighted by atomic mass is 16.5. The Morgan fingerprint density at radius 3 is 2.94 bits per heavy atom. The van der Waals surface area contributed by atoms with Crippen LogP contribution in [0.3, 0.4) is 0 Å². The van der Waals surface area contributed by atoms with E-state index in [1.54, 1.807) is 0 Å². The van der Waals surface area contributed by atoms with E-state index in [4.69, 9.17) is 4.74 Å². The smallest absolute Gasteiger partial charge is 0.224 e. The van der Waals surface area contributed by atoms with Crippen LogP contribution < -0.4 is 10.1 Å². The lowest BCUT2D eigenvalue weighted by Crippen LogP contribution is -2.20. The van der Waals surface area contributed by atoms with Crippen LogP contribution in [-0.4, -0.2) is 12.5 Å². The van der Waals surface area contributed by atoms with Gasteiger partial charge in [0.15, 0.2) is 0 Å². The molecule has 0 bridgehead atoms. The number of aryl methyl sites for hydroxylation is 1. The molecule has 1 aromatic carbocycles. The summed E-state index contributed by atoms with van der Waals surface area (Å²) in [7, 11) is 0. The Balaban J connectivity index is 1.68. The number of fused-ring (bicyclic) bond motifs is 1. The summed E-state index contributed by atoms with van der Waals surface area (Å²) in [5.41, 5.74) is 2.13. The Bertz CT molecular complexity index is 438. The van der Waals surface area contributed by atoms with Crippen LogP contribution in [0.15, 0.2) is 18.2 Å². The van der Waals surface area contributed by atoms with Crippen molar-refractivity contribution < 1.29 is 9.53 Å². The summed E-state index contributed by atoms with van der Waals surface area (Å²) < 4.78 is 5.76. The summed E-state index contributed by atoms with van der Waals surface area (Å²) >= 11 is 0. The van der Waals surface area contributed by atoms with E-state index >= 15 is 0 Å². The van der Waals surface area contributed by atoms with Crippen molar-refractivity contribution in [1.29, 1.82) is 0 Å². The van der Waals surface area contributed by atoms with E-state index in [-0.39, 0.29) is 5.91 Å². The number of carbonyl (C=O) groups is 1. The average molecular weight is 231 g/mol. The fraction of sp³-hybridized carbons (Fsp3) is 0.500. The average Bonchev–Trinajstić information content (AvgIpc) is 2.26. The van der Waals surface area contributed by atoms with Gasteiger partial charge in [-0.05, 0) is 36.8 Å². The number of anilines is 1. The zero-order valence-electron chi connectivity index (χ0n) is 9.87. The lowest BCUT2D eigenvalue weighted by atomic mass is 9.86. The molecular weight excluding hydrogens is 214 g/mol. The van der Waals surface area contributed by atoms with E-state index in [9.17, 15) is 4.79 Å². The van der Waals surface area contributed by atoms with Crippen LogP contribution in [0.4, 0.5) is 5.69 Å². The Morgan fingerprint density at radius 1 is 1.29 bits per heavy atom. The molecule has 1 aliphatic carbocycles. The van der Waals surface area contributed by atoms with Gasteiger partial charge in [-0.3, -0.25) is 4.79 Å². The lowest BCUT2D eigenvalue weighted by Gasteiger charge is -2.25. The first-order chi connectivity index (χ1) is 8.31. The quantitative estimate of drug-likeness (QED) is 0.868. The fourth-order valence-electron chi connectivity index (χ4n) is 2.31. The molecular formula is C14H17NO2. The molecule has 3 heteroatoms. The van der Waals surface area contributed by atoms with Gasteiger partial charge in [0.25, 0.3) is 0 Å². The molecule has 17 heavy (non-hydrogen) atoms. The van der Waals surface area contributed by atoms with E-state index in [2.05, 4.69) is 11.4 Å². The SMILES string of the molecule is O=C1CCc2ccc(OCC3CCC3)cc2N1. The van der Waals surface area contributed by atoms with Crippen molar-refractivity contribution in [2.24, 2.45) is 5.92 Å². The number of nitrogens with one attached hydrogen (secondary N) is 1. The third-order valence-electron chi connectivity index (χ3n) is 3.69. The van der Waals surface area contributed by atoms with Crippen molar-refractivity contribution in [1.82, 2.24) is 0 Å². The van der Waals surface area contributed by atoms with E-state index in [0.29, 0.717) is 6.42 Å². The molecule has 0 atom stereocenters. The fourth-order valence-corrected chi connectivity index (χ4v) is 2.31. The standard InChI is InChI=1S/C14H17NO2/c16-14-7-5-11-4-6-12(8-13(11)15-14)17-9-10-2-1-3-10/h4,6,8,10H,1-3,5,7,9H2,(H,15,16). The molecule has 0 saturated heterocycles. The maximum absolute atomic E-state index is 11.3. The van der Waals surface area contributed by atoms with Gasteiger partial charge in [-0.15, -0.1) is 0 Å². The molecule has 3 rings (SSSR count). The maximum atomic E-state index is 11.3. The number of amides is 1. The molecule has 0 unspecified atom stereocenters. The normalized spacial score (nSPS) is 19.2. The summed E-state index contributed by atoms with van der Waals surface area (Å²) in [5, 5.41) is 2.90. The number of hydrogen-bond acceptors (Lipinski definition) is 2. The molecule has 1 saturated carbocycles. The molecule has 0 radical (unpaired) electrons. The van der Waals surface area contributed by atoms with Gasteiger partial charge in [0.2, 0.25) is 5.91 Å². The van der Waals surface area contributed by atoms with Crippen molar-refractivity contribution in [3.05, 3.63) is 23.8 Å². The Hall–Kier alpha value is -1.51. The van der Waals surface area contributed by atoms with Crippen molar-refractivity contribution in [3.8, 4) is 5.75 Å². The van der Waals surface area contributed by atoms with Crippen molar-refractivity contribution in [3.63, 3.8) is 0 Å². The van der Waals surface area contributed by atoms with Crippen molar-refractivity contribution in [2.75, 3.05) is 11.9 Å². The first-order valence-electron chi connectivity index (χ1n) is 6.37. The summed E-state index contributed by atoms with van der Waals surface area (Å²) in [5.74, 6) is 1.71. The van der Waals surface area contributed by atoms with E-state index < -0.39 is 0 Å². The van der Waals surface area contributed by atoms with Crippen molar-refractivity contribution in [2.45, 2.75) is 32.1 Å². The largest absolute Gasteiger partial charge is 0.493 e. The molecule has 1 heterocycles. The van der Waals surface area contributed by atoms with Crippen LogP contribution in [0.5, 0.6) is 5.75 Å². The van der Waals surface area contributed by atoms with E-state index in [1.807, 2.05) is 12.1 Å². The second-order valence-electron chi connectivity index (χ2n) is 4.98. The van der Waals surface area contributed by atoms with Crippen molar-refractivity contribution >= 4 is 11.6 Å². The van der Waals surface area contributed by atoms with Crippen LogP contribution in [0, 0.1) is 5.92 Å².